The summed E-state index contributed by atoms with van der Waals surface area (Å²) in [5.41, 5.74) is 0.000540. The van der Waals surface area contributed by atoms with Crippen LogP contribution in [-0.2, 0) is 0 Å². The van der Waals surface area contributed by atoms with Crippen molar-refractivity contribution in [2.45, 2.75) is 12.5 Å². The van der Waals surface area contributed by atoms with Gasteiger partial charge in [-0.15, -0.1) is 0 Å². The molecule has 0 aromatic carbocycles. The Bertz CT molecular complexity index is 644. The molecule has 0 radical (unpaired) electrons. The average Bonchev–Trinajstić information content (AvgIpc) is 3.07. The van der Waals surface area contributed by atoms with Gasteiger partial charge in [-0.05, 0) is 12.5 Å². The molecule has 3 rings (SSSR count). The molecule has 20 heavy (non-hydrogen) atoms. The molecule has 0 spiro atoms. The van der Waals surface area contributed by atoms with Crippen LogP contribution in [0, 0.1) is 0 Å². The summed E-state index contributed by atoms with van der Waals surface area (Å²) < 4.78 is 1.82. The summed E-state index contributed by atoms with van der Waals surface area (Å²) in [7, 11) is 0. The summed E-state index contributed by atoms with van der Waals surface area (Å²) in [5, 5.41) is 13.7. The summed E-state index contributed by atoms with van der Waals surface area (Å²) in [6.07, 6.45) is 5.73. The molecule has 1 saturated heterocycles. The molecule has 1 aliphatic rings. The lowest BCUT2D eigenvalue weighted by atomic mass is 10.3. The molecule has 1 fully saturated rings. The number of hydrogen-bond donors (Lipinski definition) is 1. The van der Waals surface area contributed by atoms with Crippen molar-refractivity contribution in [2.24, 2.45) is 0 Å². The van der Waals surface area contributed by atoms with E-state index in [4.69, 9.17) is 16.7 Å². The van der Waals surface area contributed by atoms with E-state index in [9.17, 15) is 4.79 Å². The van der Waals surface area contributed by atoms with Crippen molar-refractivity contribution in [3.8, 4) is 0 Å². The summed E-state index contributed by atoms with van der Waals surface area (Å²) in [6.45, 7) is 1.44. The summed E-state index contributed by atoms with van der Waals surface area (Å²) in [5.74, 6) is -0.617. The Kier molecular flexibility index (Phi) is 3.27. The Hall–Kier alpha value is -2.15. The van der Waals surface area contributed by atoms with Crippen LogP contribution in [0.25, 0.3) is 0 Å². The van der Waals surface area contributed by atoms with Gasteiger partial charge in [0, 0.05) is 25.5 Å². The fourth-order valence-corrected chi connectivity index (χ4v) is 2.42. The van der Waals surface area contributed by atoms with E-state index >= 15 is 0 Å². The molecule has 0 amide bonds. The van der Waals surface area contributed by atoms with E-state index in [-0.39, 0.29) is 11.7 Å². The van der Waals surface area contributed by atoms with Crippen LogP contribution >= 0.6 is 11.6 Å². The van der Waals surface area contributed by atoms with Crippen LogP contribution in [-0.4, -0.2) is 43.9 Å². The monoisotopic (exact) mass is 293 g/mol. The van der Waals surface area contributed by atoms with E-state index in [1.807, 2.05) is 9.58 Å². The minimum absolute atomic E-state index is 0.000540. The van der Waals surface area contributed by atoms with E-state index in [0.29, 0.717) is 17.5 Å². The highest BCUT2D eigenvalue weighted by molar-refractivity contribution is 6.30. The second-order valence-electron chi connectivity index (χ2n) is 4.57. The summed E-state index contributed by atoms with van der Waals surface area (Å²) >= 11 is 5.86. The number of rotatable bonds is 3. The lowest BCUT2D eigenvalue weighted by molar-refractivity contribution is 0.0690. The number of aromatic nitrogens is 4. The van der Waals surface area contributed by atoms with E-state index in [2.05, 4.69) is 15.1 Å². The Morgan fingerprint density at radius 1 is 1.50 bits per heavy atom. The van der Waals surface area contributed by atoms with Gasteiger partial charge in [0.15, 0.2) is 5.69 Å². The van der Waals surface area contributed by atoms with Crippen LogP contribution in [0.15, 0.2) is 24.7 Å². The maximum absolute atomic E-state index is 10.9. The highest BCUT2D eigenvalue weighted by Crippen LogP contribution is 2.25. The van der Waals surface area contributed by atoms with Gasteiger partial charge in [0.1, 0.15) is 0 Å². The molecule has 2 aromatic heterocycles. The zero-order chi connectivity index (χ0) is 14.1. The first-order valence-electron chi connectivity index (χ1n) is 6.14. The summed E-state index contributed by atoms with van der Waals surface area (Å²) in [6, 6.07) is 1.58. The number of halogens is 1. The van der Waals surface area contributed by atoms with Crippen molar-refractivity contribution in [2.75, 3.05) is 18.0 Å². The first-order chi connectivity index (χ1) is 9.63. The van der Waals surface area contributed by atoms with Gasteiger partial charge in [-0.25, -0.2) is 14.8 Å². The van der Waals surface area contributed by atoms with Gasteiger partial charge < -0.3 is 10.0 Å². The Morgan fingerprint density at radius 2 is 2.35 bits per heavy atom. The number of carboxylic acids is 1. The van der Waals surface area contributed by atoms with Crippen molar-refractivity contribution in [3.05, 3.63) is 35.4 Å². The van der Waals surface area contributed by atoms with Crippen LogP contribution in [0.1, 0.15) is 23.0 Å². The van der Waals surface area contributed by atoms with E-state index in [1.54, 1.807) is 12.4 Å². The number of carboxylic acid groups (broad SMARTS) is 1. The lowest BCUT2D eigenvalue weighted by Crippen LogP contribution is -2.23. The zero-order valence-electron chi connectivity index (χ0n) is 10.5. The average molecular weight is 294 g/mol. The number of carbonyl (C=O) groups is 1. The van der Waals surface area contributed by atoms with Crippen molar-refractivity contribution in [3.63, 3.8) is 0 Å². The quantitative estimate of drug-likeness (QED) is 0.922. The molecule has 1 N–H and O–H groups in total. The van der Waals surface area contributed by atoms with E-state index < -0.39 is 5.97 Å². The third-order valence-electron chi connectivity index (χ3n) is 3.25. The maximum atomic E-state index is 10.9. The lowest BCUT2D eigenvalue weighted by Gasteiger charge is -2.16. The minimum atomic E-state index is -1.05. The van der Waals surface area contributed by atoms with Crippen molar-refractivity contribution < 1.29 is 9.90 Å². The van der Waals surface area contributed by atoms with Crippen molar-refractivity contribution in [1.29, 1.82) is 0 Å². The molecule has 3 heterocycles. The number of aromatic carboxylic acids is 1. The SMILES string of the molecule is O=C(O)c1ccnc(N2CCC(n3cc(Cl)cn3)C2)n1. The fourth-order valence-electron chi connectivity index (χ4n) is 2.27. The molecular formula is C12H12ClN5O2. The van der Waals surface area contributed by atoms with Gasteiger partial charge >= 0.3 is 5.97 Å². The van der Waals surface area contributed by atoms with Crippen molar-refractivity contribution >= 4 is 23.5 Å². The van der Waals surface area contributed by atoms with Gasteiger partial charge in [0.05, 0.1) is 17.3 Å². The molecule has 0 bridgehead atoms. The topological polar surface area (TPSA) is 84.1 Å². The van der Waals surface area contributed by atoms with Crippen LogP contribution in [0.2, 0.25) is 5.02 Å². The van der Waals surface area contributed by atoms with Gasteiger partial charge in [-0.3, -0.25) is 4.68 Å². The number of hydrogen-bond acceptors (Lipinski definition) is 5. The minimum Gasteiger partial charge on any atom is -0.477 e. The first-order valence-corrected chi connectivity index (χ1v) is 6.52. The van der Waals surface area contributed by atoms with Gasteiger partial charge in [-0.2, -0.15) is 5.10 Å². The molecule has 7 nitrogen and oxygen atoms in total. The zero-order valence-corrected chi connectivity index (χ0v) is 11.2. The number of nitrogens with zero attached hydrogens (tertiary/aromatic N) is 5. The fraction of sp³-hybridized carbons (Fsp3) is 0.333. The highest BCUT2D eigenvalue weighted by Gasteiger charge is 2.26. The Balaban J connectivity index is 1.77. The molecule has 1 unspecified atom stereocenters. The van der Waals surface area contributed by atoms with Crippen LogP contribution in [0.3, 0.4) is 0 Å². The van der Waals surface area contributed by atoms with Gasteiger partial charge in [-0.1, -0.05) is 11.6 Å². The molecule has 0 saturated carbocycles. The Morgan fingerprint density at radius 3 is 3.05 bits per heavy atom. The van der Waals surface area contributed by atoms with Crippen molar-refractivity contribution in [1.82, 2.24) is 19.7 Å². The van der Waals surface area contributed by atoms with Crippen LogP contribution in [0.4, 0.5) is 5.95 Å². The number of anilines is 1. The maximum Gasteiger partial charge on any atom is 0.354 e. The molecule has 8 heteroatoms. The third-order valence-corrected chi connectivity index (χ3v) is 3.45. The third kappa shape index (κ3) is 2.44. The summed E-state index contributed by atoms with van der Waals surface area (Å²) in [4.78, 5) is 21.1. The van der Waals surface area contributed by atoms with Gasteiger partial charge in [0.2, 0.25) is 5.95 Å². The molecular weight excluding hydrogens is 282 g/mol. The molecule has 0 aliphatic carbocycles. The highest BCUT2D eigenvalue weighted by atomic mass is 35.5. The van der Waals surface area contributed by atoms with Crippen LogP contribution in [0.5, 0.6) is 0 Å². The predicted molar refractivity (Wildman–Crippen MR) is 72.1 cm³/mol. The first kappa shape index (κ1) is 12.9. The molecule has 2 aromatic rings. The Labute approximate surface area is 119 Å². The normalized spacial score (nSPS) is 18.4. The van der Waals surface area contributed by atoms with E-state index in [1.165, 1.54) is 12.3 Å². The largest absolute Gasteiger partial charge is 0.477 e. The smallest absolute Gasteiger partial charge is 0.354 e. The van der Waals surface area contributed by atoms with E-state index in [0.717, 1.165) is 13.0 Å². The predicted octanol–water partition coefficient (Wildman–Crippen LogP) is 1.48. The second-order valence-corrected chi connectivity index (χ2v) is 5.01. The molecule has 104 valence electrons. The second kappa shape index (κ2) is 5.09. The molecule has 1 aliphatic heterocycles. The molecule has 1 atom stereocenters. The van der Waals surface area contributed by atoms with Crippen LogP contribution < -0.4 is 4.90 Å². The standard InChI is InChI=1S/C12H12ClN5O2/c13-8-5-15-18(6-8)9-2-4-17(7-9)12-14-3-1-10(16-12)11(19)20/h1,3,5-6,9H,2,4,7H2,(H,19,20). The van der Waals surface area contributed by atoms with Gasteiger partial charge in [0.25, 0.3) is 0 Å².